The number of nitrogens with two attached hydrogens (primary N) is 1. The number of hydrogen-bond acceptors (Lipinski definition) is 3. The van der Waals surface area contributed by atoms with Gasteiger partial charge in [0.15, 0.2) is 0 Å². The van der Waals surface area contributed by atoms with Gasteiger partial charge in [0, 0.05) is 5.56 Å². The molecule has 0 aromatic carbocycles. The molecule has 2 N–H and O–H groups in total. The van der Waals surface area contributed by atoms with E-state index in [1.165, 1.54) is 6.92 Å². The third-order valence-corrected chi connectivity index (χ3v) is 1.06. The first-order valence-electron chi connectivity index (χ1n) is 2.44. The van der Waals surface area contributed by atoms with Crippen molar-refractivity contribution in [1.82, 2.24) is 9.97 Å². The minimum absolute atomic E-state index is 0.197. The molecule has 0 atom stereocenters. The summed E-state index contributed by atoms with van der Waals surface area (Å²) >= 11 is 0. The molecule has 0 spiro atoms. The van der Waals surface area contributed by atoms with Crippen LogP contribution in [0, 0.1) is 12.9 Å². The monoisotopic (exact) mass is 127 g/mol. The molecule has 0 saturated heterocycles. The summed E-state index contributed by atoms with van der Waals surface area (Å²) in [5, 5.41) is 0. The molecule has 0 bridgehead atoms. The molecule has 1 aromatic heterocycles. The summed E-state index contributed by atoms with van der Waals surface area (Å²) in [6.07, 6.45) is 1.09. The van der Waals surface area contributed by atoms with Crippen LogP contribution in [0.15, 0.2) is 6.33 Å². The van der Waals surface area contributed by atoms with Gasteiger partial charge in [0.2, 0.25) is 5.95 Å². The molecule has 0 fully saturated rings. The second-order valence-electron chi connectivity index (χ2n) is 1.67. The average molecular weight is 127 g/mol. The van der Waals surface area contributed by atoms with E-state index in [0.717, 1.165) is 6.33 Å². The lowest BCUT2D eigenvalue weighted by molar-refractivity contribution is 0.571. The summed E-state index contributed by atoms with van der Waals surface area (Å²) in [4.78, 5) is 6.85. The molecule has 1 heterocycles. The summed E-state index contributed by atoms with van der Waals surface area (Å²) in [7, 11) is 0. The highest BCUT2D eigenvalue weighted by Gasteiger charge is 1.99. The Labute approximate surface area is 51.7 Å². The lowest BCUT2D eigenvalue weighted by Crippen LogP contribution is -1.98. The quantitative estimate of drug-likeness (QED) is 0.516. The summed E-state index contributed by atoms with van der Waals surface area (Å²) in [5.41, 5.74) is 5.53. The van der Waals surface area contributed by atoms with Crippen molar-refractivity contribution in [3.8, 4) is 0 Å². The van der Waals surface area contributed by atoms with E-state index in [1.54, 1.807) is 0 Å². The Morgan fingerprint density at radius 3 is 2.67 bits per heavy atom. The fourth-order valence-corrected chi connectivity index (χ4v) is 0.441. The lowest BCUT2D eigenvalue weighted by atomic mass is 10.3. The Morgan fingerprint density at radius 2 is 2.22 bits per heavy atom. The maximum absolute atomic E-state index is 12.3. The van der Waals surface area contributed by atoms with Gasteiger partial charge in [0.25, 0.3) is 0 Å². The zero-order valence-corrected chi connectivity index (χ0v) is 4.93. The zero-order chi connectivity index (χ0) is 6.85. The molecule has 0 aliphatic carbocycles. The van der Waals surface area contributed by atoms with Gasteiger partial charge in [-0.1, -0.05) is 0 Å². The first-order valence-corrected chi connectivity index (χ1v) is 2.44. The first-order chi connectivity index (χ1) is 4.22. The van der Waals surface area contributed by atoms with Crippen molar-refractivity contribution in [1.29, 1.82) is 0 Å². The topological polar surface area (TPSA) is 51.8 Å². The standard InChI is InChI=1S/C5H6FN3/c1-3-4(6)8-2-9-5(3)7/h2H,1H3,(H2,7,8,9). The second-order valence-corrected chi connectivity index (χ2v) is 1.67. The van der Waals surface area contributed by atoms with E-state index in [-0.39, 0.29) is 5.82 Å². The van der Waals surface area contributed by atoms with Gasteiger partial charge in [0.05, 0.1) is 0 Å². The van der Waals surface area contributed by atoms with Crippen LogP contribution in [0.5, 0.6) is 0 Å². The molecular formula is C5H6FN3. The lowest BCUT2D eigenvalue weighted by Gasteiger charge is -1.95. The highest BCUT2D eigenvalue weighted by molar-refractivity contribution is 5.35. The second kappa shape index (κ2) is 1.97. The first kappa shape index (κ1) is 5.94. The van der Waals surface area contributed by atoms with Crippen LogP contribution in [-0.4, -0.2) is 9.97 Å². The fourth-order valence-electron chi connectivity index (χ4n) is 0.441. The number of aromatic nitrogens is 2. The molecule has 0 aliphatic rings. The van der Waals surface area contributed by atoms with E-state index in [4.69, 9.17) is 5.73 Å². The van der Waals surface area contributed by atoms with Crippen LogP contribution < -0.4 is 5.73 Å². The number of nitrogens with zero attached hydrogens (tertiary/aromatic N) is 2. The van der Waals surface area contributed by atoms with E-state index in [9.17, 15) is 4.39 Å². The normalized spacial score (nSPS) is 9.56. The predicted molar refractivity (Wildman–Crippen MR) is 31.1 cm³/mol. The van der Waals surface area contributed by atoms with Crippen LogP contribution in [-0.2, 0) is 0 Å². The molecule has 0 unspecified atom stereocenters. The van der Waals surface area contributed by atoms with Crippen LogP contribution in [0.1, 0.15) is 5.56 Å². The van der Waals surface area contributed by atoms with E-state index in [2.05, 4.69) is 9.97 Å². The Morgan fingerprint density at radius 1 is 1.56 bits per heavy atom. The fraction of sp³-hybridized carbons (Fsp3) is 0.200. The van der Waals surface area contributed by atoms with Gasteiger partial charge in [-0.2, -0.15) is 4.39 Å². The molecule has 9 heavy (non-hydrogen) atoms. The van der Waals surface area contributed by atoms with Crippen LogP contribution in [0.25, 0.3) is 0 Å². The average Bonchev–Trinajstić information content (AvgIpc) is 1.83. The summed E-state index contributed by atoms with van der Waals surface area (Å²) in [6.45, 7) is 1.53. The predicted octanol–water partition coefficient (Wildman–Crippen LogP) is 0.506. The molecular weight excluding hydrogens is 121 g/mol. The van der Waals surface area contributed by atoms with Crippen molar-refractivity contribution in [3.63, 3.8) is 0 Å². The van der Waals surface area contributed by atoms with Gasteiger partial charge in [-0.05, 0) is 6.92 Å². The molecule has 48 valence electrons. The van der Waals surface area contributed by atoms with Crippen molar-refractivity contribution in [2.24, 2.45) is 0 Å². The Kier molecular flexibility index (Phi) is 1.30. The highest BCUT2D eigenvalue weighted by atomic mass is 19.1. The van der Waals surface area contributed by atoms with Gasteiger partial charge < -0.3 is 5.73 Å². The number of anilines is 1. The van der Waals surface area contributed by atoms with E-state index < -0.39 is 5.95 Å². The molecule has 0 aliphatic heterocycles. The minimum Gasteiger partial charge on any atom is -0.383 e. The maximum Gasteiger partial charge on any atom is 0.220 e. The van der Waals surface area contributed by atoms with E-state index >= 15 is 0 Å². The van der Waals surface area contributed by atoms with Crippen molar-refractivity contribution in [3.05, 3.63) is 17.8 Å². The molecule has 1 aromatic rings. The number of nitrogen functional groups attached to an aromatic ring is 1. The van der Waals surface area contributed by atoms with E-state index in [1.807, 2.05) is 0 Å². The molecule has 0 radical (unpaired) electrons. The van der Waals surface area contributed by atoms with Gasteiger partial charge >= 0.3 is 0 Å². The number of hydrogen-bond donors (Lipinski definition) is 1. The Balaban J connectivity index is 3.25. The molecule has 1 rings (SSSR count). The summed E-state index contributed by atoms with van der Waals surface area (Å²) < 4.78 is 12.3. The summed E-state index contributed by atoms with van der Waals surface area (Å²) in [5.74, 6) is -0.356. The van der Waals surface area contributed by atoms with Gasteiger partial charge in [0.1, 0.15) is 12.1 Å². The van der Waals surface area contributed by atoms with Crippen molar-refractivity contribution < 1.29 is 4.39 Å². The summed E-state index contributed by atoms with van der Waals surface area (Å²) in [6, 6.07) is 0. The van der Waals surface area contributed by atoms with Crippen molar-refractivity contribution >= 4 is 5.82 Å². The van der Waals surface area contributed by atoms with Crippen molar-refractivity contribution in [2.45, 2.75) is 6.92 Å². The zero-order valence-electron chi connectivity index (χ0n) is 4.93. The van der Waals surface area contributed by atoms with Crippen LogP contribution in [0.4, 0.5) is 10.2 Å². The third-order valence-electron chi connectivity index (χ3n) is 1.06. The number of rotatable bonds is 0. The largest absolute Gasteiger partial charge is 0.383 e. The molecule has 0 saturated carbocycles. The van der Waals surface area contributed by atoms with Crippen molar-refractivity contribution in [2.75, 3.05) is 5.73 Å². The Hall–Kier alpha value is -1.19. The maximum atomic E-state index is 12.3. The van der Waals surface area contributed by atoms with Gasteiger partial charge in [-0.15, -0.1) is 0 Å². The molecule has 3 nitrogen and oxygen atoms in total. The smallest absolute Gasteiger partial charge is 0.220 e. The third kappa shape index (κ3) is 0.960. The van der Waals surface area contributed by atoms with Gasteiger partial charge in [-0.3, -0.25) is 0 Å². The van der Waals surface area contributed by atoms with Crippen LogP contribution in [0.3, 0.4) is 0 Å². The molecule has 4 heteroatoms. The van der Waals surface area contributed by atoms with Crippen LogP contribution >= 0.6 is 0 Å². The van der Waals surface area contributed by atoms with Gasteiger partial charge in [-0.25, -0.2) is 9.97 Å². The van der Waals surface area contributed by atoms with Crippen LogP contribution in [0.2, 0.25) is 0 Å². The highest BCUT2D eigenvalue weighted by Crippen LogP contribution is 2.06. The Bertz CT molecular complexity index is 203. The van der Waals surface area contributed by atoms with E-state index in [0.29, 0.717) is 5.56 Å². The number of halogens is 1. The SMILES string of the molecule is Cc1c(N)ncnc1F. The molecule has 0 amide bonds. The minimum atomic E-state index is -0.553.